The summed E-state index contributed by atoms with van der Waals surface area (Å²) in [6, 6.07) is 11.5. The van der Waals surface area contributed by atoms with E-state index in [1.807, 2.05) is 19.1 Å². The third-order valence-corrected chi connectivity index (χ3v) is 4.23. The first-order valence-corrected chi connectivity index (χ1v) is 7.86. The first kappa shape index (κ1) is 15.4. The largest absolute Gasteiger partial charge is 0.345 e. The maximum absolute atomic E-state index is 13.2. The highest BCUT2D eigenvalue weighted by molar-refractivity contribution is 14.1. The molecule has 0 fully saturated rings. The normalized spacial score (nSPS) is 12.0. The minimum Gasteiger partial charge on any atom is -0.345 e. The van der Waals surface area contributed by atoms with Crippen LogP contribution in [0.25, 0.3) is 0 Å². The summed E-state index contributed by atoms with van der Waals surface area (Å²) in [5.41, 5.74) is 1.31. The third kappa shape index (κ3) is 3.79. The van der Waals surface area contributed by atoms with Gasteiger partial charge in [-0.2, -0.15) is 0 Å². The molecule has 1 unspecified atom stereocenters. The van der Waals surface area contributed by atoms with Gasteiger partial charge in [0.1, 0.15) is 5.82 Å². The molecule has 1 N–H and O–H groups in total. The van der Waals surface area contributed by atoms with Crippen LogP contribution in [-0.2, 0) is 0 Å². The number of nitrogens with one attached hydrogen (secondary N) is 1. The van der Waals surface area contributed by atoms with Crippen molar-refractivity contribution in [3.8, 4) is 0 Å². The molecule has 20 heavy (non-hydrogen) atoms. The smallest absolute Gasteiger partial charge is 0.252 e. The molecular weight excluding hydrogens is 436 g/mol. The summed E-state index contributed by atoms with van der Waals surface area (Å²) in [6.45, 7) is 1.83. The van der Waals surface area contributed by atoms with E-state index in [1.54, 1.807) is 18.2 Å². The Bertz CT molecular complexity index is 648. The predicted octanol–water partition coefficient (Wildman–Crippen LogP) is 4.68. The van der Waals surface area contributed by atoms with Gasteiger partial charge in [0.25, 0.3) is 5.91 Å². The van der Waals surface area contributed by atoms with Gasteiger partial charge in [-0.15, -0.1) is 0 Å². The second-order valence-corrected chi connectivity index (χ2v) is 6.47. The van der Waals surface area contributed by atoms with Crippen LogP contribution in [0.1, 0.15) is 28.9 Å². The number of rotatable bonds is 3. The van der Waals surface area contributed by atoms with E-state index in [0.717, 1.165) is 13.6 Å². The fraction of sp³-hybridized carbons (Fsp3) is 0.133. The number of carbonyl (C=O) groups excluding carboxylic acids is 1. The van der Waals surface area contributed by atoms with Crippen molar-refractivity contribution in [1.82, 2.24) is 5.32 Å². The fourth-order valence-corrected chi connectivity index (χ4v) is 2.72. The Morgan fingerprint density at radius 1 is 1.30 bits per heavy atom. The van der Waals surface area contributed by atoms with Crippen LogP contribution in [0.15, 0.2) is 46.9 Å². The second-order valence-electron chi connectivity index (χ2n) is 4.37. The lowest BCUT2D eigenvalue weighted by atomic mass is 10.1. The molecule has 2 nitrogen and oxygen atoms in total. The number of hydrogen-bond acceptors (Lipinski definition) is 1. The van der Waals surface area contributed by atoms with Gasteiger partial charge in [-0.25, -0.2) is 4.39 Å². The number of carbonyl (C=O) groups is 1. The molecule has 0 aliphatic rings. The topological polar surface area (TPSA) is 29.1 Å². The molecule has 2 rings (SSSR count). The van der Waals surface area contributed by atoms with Gasteiger partial charge in [0, 0.05) is 8.04 Å². The van der Waals surface area contributed by atoms with Crippen LogP contribution in [0, 0.1) is 9.39 Å². The van der Waals surface area contributed by atoms with E-state index in [-0.39, 0.29) is 17.8 Å². The quantitative estimate of drug-likeness (QED) is 0.680. The van der Waals surface area contributed by atoms with E-state index in [0.29, 0.717) is 5.56 Å². The molecule has 104 valence electrons. The Balaban J connectivity index is 2.17. The van der Waals surface area contributed by atoms with Crippen molar-refractivity contribution in [2.75, 3.05) is 0 Å². The van der Waals surface area contributed by atoms with Gasteiger partial charge >= 0.3 is 0 Å². The molecule has 0 saturated heterocycles. The molecule has 1 amide bonds. The molecule has 0 aromatic heterocycles. The van der Waals surface area contributed by atoms with Crippen LogP contribution in [-0.4, -0.2) is 5.91 Å². The number of benzene rings is 2. The molecule has 0 aliphatic carbocycles. The summed E-state index contributed by atoms with van der Waals surface area (Å²) in [7, 11) is 0. The van der Waals surface area contributed by atoms with Crippen molar-refractivity contribution in [3.05, 3.63) is 67.5 Å². The summed E-state index contributed by atoms with van der Waals surface area (Å²) in [5, 5.41) is 2.87. The maximum atomic E-state index is 13.2. The first-order valence-electron chi connectivity index (χ1n) is 5.99. The molecule has 2 aromatic carbocycles. The van der Waals surface area contributed by atoms with Gasteiger partial charge in [-0.05, 0) is 81.3 Å². The van der Waals surface area contributed by atoms with E-state index in [1.165, 1.54) is 12.1 Å². The molecule has 0 heterocycles. The Morgan fingerprint density at radius 3 is 2.75 bits per heavy atom. The van der Waals surface area contributed by atoms with Gasteiger partial charge in [0.2, 0.25) is 0 Å². The molecule has 0 bridgehead atoms. The highest BCUT2D eigenvalue weighted by atomic mass is 127. The van der Waals surface area contributed by atoms with Crippen LogP contribution in [0.5, 0.6) is 0 Å². The van der Waals surface area contributed by atoms with Crippen LogP contribution in [0.4, 0.5) is 4.39 Å². The molecular formula is C15H12BrFINO. The Hall–Kier alpha value is -0.950. The number of hydrogen-bond donors (Lipinski definition) is 1. The van der Waals surface area contributed by atoms with E-state index >= 15 is 0 Å². The van der Waals surface area contributed by atoms with Crippen LogP contribution in [0.2, 0.25) is 0 Å². The van der Waals surface area contributed by atoms with Crippen LogP contribution >= 0.6 is 38.5 Å². The lowest BCUT2D eigenvalue weighted by Gasteiger charge is -2.15. The van der Waals surface area contributed by atoms with Crippen LogP contribution < -0.4 is 5.32 Å². The second kappa shape index (κ2) is 6.67. The van der Waals surface area contributed by atoms with E-state index < -0.39 is 0 Å². The maximum Gasteiger partial charge on any atom is 0.252 e. The van der Waals surface area contributed by atoms with Crippen molar-refractivity contribution in [2.24, 2.45) is 0 Å². The molecule has 1 atom stereocenters. The monoisotopic (exact) mass is 447 g/mol. The fourth-order valence-electron chi connectivity index (χ4n) is 1.81. The Labute approximate surface area is 139 Å². The zero-order valence-corrected chi connectivity index (χ0v) is 14.4. The van der Waals surface area contributed by atoms with Crippen molar-refractivity contribution in [2.45, 2.75) is 13.0 Å². The molecule has 2 aromatic rings. The average molecular weight is 448 g/mol. The van der Waals surface area contributed by atoms with Gasteiger partial charge < -0.3 is 5.32 Å². The Morgan fingerprint density at radius 2 is 2.05 bits per heavy atom. The molecule has 0 saturated carbocycles. The highest BCUT2D eigenvalue weighted by Crippen LogP contribution is 2.21. The van der Waals surface area contributed by atoms with Crippen molar-refractivity contribution in [3.63, 3.8) is 0 Å². The minimum atomic E-state index is -0.306. The summed E-state index contributed by atoms with van der Waals surface area (Å²) in [6.07, 6.45) is 0. The average Bonchev–Trinajstić information content (AvgIpc) is 2.41. The van der Waals surface area contributed by atoms with E-state index in [4.69, 9.17) is 0 Å². The zero-order valence-electron chi connectivity index (χ0n) is 10.7. The van der Waals surface area contributed by atoms with E-state index in [2.05, 4.69) is 43.8 Å². The van der Waals surface area contributed by atoms with Crippen molar-refractivity contribution in [1.29, 1.82) is 0 Å². The summed E-state index contributed by atoms with van der Waals surface area (Å²) >= 11 is 5.52. The van der Waals surface area contributed by atoms with Gasteiger partial charge in [0.15, 0.2) is 0 Å². The standard InChI is InChI=1S/C15H12BrFINO/c1-9(10-3-2-4-11(17)7-10)19-15(20)13-8-12(18)5-6-14(13)16/h2-9H,1H3,(H,19,20). The van der Waals surface area contributed by atoms with Crippen molar-refractivity contribution >= 4 is 44.4 Å². The number of halogens is 3. The lowest BCUT2D eigenvalue weighted by molar-refractivity contribution is 0.0939. The third-order valence-electron chi connectivity index (χ3n) is 2.87. The van der Waals surface area contributed by atoms with Gasteiger partial charge in [-0.1, -0.05) is 12.1 Å². The summed E-state index contributed by atoms with van der Waals surface area (Å²) in [5.74, 6) is -0.494. The zero-order chi connectivity index (χ0) is 14.7. The highest BCUT2D eigenvalue weighted by Gasteiger charge is 2.14. The molecule has 0 spiro atoms. The summed E-state index contributed by atoms with van der Waals surface area (Å²) < 4.78 is 14.9. The molecule has 0 aliphatic heterocycles. The predicted molar refractivity (Wildman–Crippen MR) is 89.1 cm³/mol. The first-order chi connectivity index (χ1) is 9.47. The van der Waals surface area contributed by atoms with Gasteiger partial charge in [-0.3, -0.25) is 4.79 Å². The van der Waals surface area contributed by atoms with Crippen molar-refractivity contribution < 1.29 is 9.18 Å². The Kier molecular flexibility index (Phi) is 5.15. The number of amides is 1. The minimum absolute atomic E-state index is 0.188. The lowest BCUT2D eigenvalue weighted by Crippen LogP contribution is -2.27. The SMILES string of the molecule is CC(NC(=O)c1cc(I)ccc1Br)c1cccc(F)c1. The molecule has 0 radical (unpaired) electrons. The van der Waals surface area contributed by atoms with E-state index in [9.17, 15) is 9.18 Å². The van der Waals surface area contributed by atoms with Crippen LogP contribution in [0.3, 0.4) is 0 Å². The summed E-state index contributed by atoms with van der Waals surface area (Å²) in [4.78, 5) is 12.2. The van der Waals surface area contributed by atoms with Gasteiger partial charge in [0.05, 0.1) is 11.6 Å². The molecule has 5 heteroatoms.